The normalized spacial score (nSPS) is 16.2. The maximum atomic E-state index is 12.3. The summed E-state index contributed by atoms with van der Waals surface area (Å²) in [7, 11) is 0. The molecule has 1 N–H and O–H groups in total. The fourth-order valence-electron chi connectivity index (χ4n) is 2.19. The second-order valence-electron chi connectivity index (χ2n) is 6.90. The molecular formula is C17H24ClNO3. The van der Waals surface area contributed by atoms with Gasteiger partial charge in [0.1, 0.15) is 5.60 Å². The monoisotopic (exact) mass is 325 g/mol. The van der Waals surface area contributed by atoms with Crippen molar-refractivity contribution in [1.82, 2.24) is 4.90 Å². The molecule has 1 unspecified atom stereocenters. The van der Waals surface area contributed by atoms with Crippen molar-refractivity contribution in [2.24, 2.45) is 5.92 Å². The van der Waals surface area contributed by atoms with Crippen molar-refractivity contribution in [3.63, 3.8) is 0 Å². The molecule has 1 saturated carbocycles. The third-order valence-corrected chi connectivity index (χ3v) is 3.69. The number of carbonyl (C=O) groups is 1. The smallest absolute Gasteiger partial charge is 0.410 e. The number of nitrogens with zero attached hydrogens (tertiary/aromatic N) is 1. The number of hydrogen-bond donors (Lipinski definition) is 1. The lowest BCUT2D eigenvalue weighted by Gasteiger charge is -2.29. The van der Waals surface area contributed by atoms with Crippen LogP contribution in [0.15, 0.2) is 24.3 Å². The van der Waals surface area contributed by atoms with Gasteiger partial charge in [0.25, 0.3) is 0 Å². The third-order valence-electron chi connectivity index (χ3n) is 3.45. The van der Waals surface area contributed by atoms with Gasteiger partial charge < -0.3 is 14.7 Å². The topological polar surface area (TPSA) is 49.8 Å². The number of amides is 1. The highest BCUT2D eigenvalue weighted by Gasteiger charge is 2.30. The van der Waals surface area contributed by atoms with E-state index in [1.54, 1.807) is 29.2 Å². The molecule has 5 heteroatoms. The molecule has 1 aliphatic carbocycles. The summed E-state index contributed by atoms with van der Waals surface area (Å²) in [6, 6.07) is 7.07. The van der Waals surface area contributed by atoms with Gasteiger partial charge in [0.15, 0.2) is 0 Å². The zero-order valence-corrected chi connectivity index (χ0v) is 14.1. The Morgan fingerprint density at radius 1 is 1.45 bits per heavy atom. The van der Waals surface area contributed by atoms with Crippen LogP contribution >= 0.6 is 11.6 Å². The van der Waals surface area contributed by atoms with Crippen LogP contribution < -0.4 is 0 Å². The quantitative estimate of drug-likeness (QED) is 0.889. The summed E-state index contributed by atoms with van der Waals surface area (Å²) in [5.74, 6) is 0.527. The van der Waals surface area contributed by atoms with Crippen LogP contribution in [0.1, 0.15) is 45.3 Å². The molecule has 0 aromatic heterocycles. The fourth-order valence-corrected chi connectivity index (χ4v) is 2.39. The number of aliphatic hydroxyl groups excluding tert-OH is 1. The summed E-state index contributed by atoms with van der Waals surface area (Å²) in [4.78, 5) is 13.9. The van der Waals surface area contributed by atoms with Crippen molar-refractivity contribution in [3.05, 3.63) is 34.9 Å². The van der Waals surface area contributed by atoms with Gasteiger partial charge in [-0.05, 0) is 57.2 Å². The van der Waals surface area contributed by atoms with Crippen molar-refractivity contribution in [3.8, 4) is 0 Å². The molecule has 0 bridgehead atoms. The Bertz CT molecular complexity index is 523. The Hall–Kier alpha value is -1.26. The van der Waals surface area contributed by atoms with E-state index in [0.29, 0.717) is 23.0 Å². The predicted molar refractivity (Wildman–Crippen MR) is 86.9 cm³/mol. The summed E-state index contributed by atoms with van der Waals surface area (Å²) in [6.07, 6.45) is 1.12. The van der Waals surface area contributed by atoms with Crippen molar-refractivity contribution in [2.75, 3.05) is 13.1 Å². The van der Waals surface area contributed by atoms with E-state index in [1.165, 1.54) is 0 Å². The molecule has 2 rings (SSSR count). The minimum atomic E-state index is -0.773. The molecule has 1 aliphatic rings. The van der Waals surface area contributed by atoms with Gasteiger partial charge in [0, 0.05) is 11.6 Å². The first-order chi connectivity index (χ1) is 10.2. The van der Waals surface area contributed by atoms with E-state index < -0.39 is 11.7 Å². The molecule has 0 saturated heterocycles. The summed E-state index contributed by atoms with van der Waals surface area (Å²) >= 11 is 5.95. The standard InChI is InChI=1S/C17H24ClNO3/c1-17(2,3)22-16(21)19(10-12-7-8-12)11-15(20)13-5-4-6-14(18)9-13/h4-6,9,12,15,20H,7-8,10-11H2,1-3H3. The highest BCUT2D eigenvalue weighted by Crippen LogP contribution is 2.31. The van der Waals surface area contributed by atoms with Crippen LogP contribution in [0, 0.1) is 5.92 Å². The van der Waals surface area contributed by atoms with Crippen molar-refractivity contribution in [1.29, 1.82) is 0 Å². The number of aliphatic hydroxyl groups is 1. The van der Waals surface area contributed by atoms with E-state index in [4.69, 9.17) is 16.3 Å². The van der Waals surface area contributed by atoms with Crippen LogP contribution in [0.2, 0.25) is 5.02 Å². The molecule has 0 spiro atoms. The zero-order chi connectivity index (χ0) is 16.3. The molecule has 0 heterocycles. The SMILES string of the molecule is CC(C)(C)OC(=O)N(CC1CC1)CC(O)c1cccc(Cl)c1. The first kappa shape index (κ1) is 17.1. The Labute approximate surface area is 137 Å². The molecular weight excluding hydrogens is 302 g/mol. The van der Waals surface area contributed by atoms with Gasteiger partial charge in [-0.15, -0.1) is 0 Å². The highest BCUT2D eigenvalue weighted by atomic mass is 35.5. The number of carbonyl (C=O) groups excluding carboxylic acids is 1. The molecule has 1 aromatic rings. The lowest BCUT2D eigenvalue weighted by Crippen LogP contribution is -2.40. The lowest BCUT2D eigenvalue weighted by atomic mass is 10.1. The number of benzene rings is 1. The van der Waals surface area contributed by atoms with Crippen LogP contribution in [0.5, 0.6) is 0 Å². The maximum Gasteiger partial charge on any atom is 0.410 e. The van der Waals surface area contributed by atoms with Crippen molar-refractivity contribution >= 4 is 17.7 Å². The van der Waals surface area contributed by atoms with Gasteiger partial charge in [0.05, 0.1) is 12.6 Å². The number of rotatable bonds is 5. The minimum Gasteiger partial charge on any atom is -0.444 e. The molecule has 4 nitrogen and oxygen atoms in total. The van der Waals surface area contributed by atoms with E-state index in [2.05, 4.69) is 0 Å². The van der Waals surface area contributed by atoms with Crippen LogP contribution in [-0.2, 0) is 4.74 Å². The van der Waals surface area contributed by atoms with Crippen molar-refractivity contribution < 1.29 is 14.6 Å². The minimum absolute atomic E-state index is 0.214. The summed E-state index contributed by atoms with van der Waals surface area (Å²) < 4.78 is 5.44. The Morgan fingerprint density at radius 3 is 2.68 bits per heavy atom. The zero-order valence-electron chi connectivity index (χ0n) is 13.4. The Kier molecular flexibility index (Phi) is 5.35. The van der Waals surface area contributed by atoms with Gasteiger partial charge >= 0.3 is 6.09 Å². The van der Waals surface area contributed by atoms with Gasteiger partial charge in [-0.25, -0.2) is 4.79 Å². The Balaban J connectivity index is 2.03. The molecule has 1 aromatic carbocycles. The molecule has 0 aliphatic heterocycles. The third kappa shape index (κ3) is 5.50. The average molecular weight is 326 g/mol. The van der Waals surface area contributed by atoms with Gasteiger partial charge in [0.2, 0.25) is 0 Å². The first-order valence-electron chi connectivity index (χ1n) is 7.66. The van der Waals surface area contributed by atoms with Crippen LogP contribution in [0.3, 0.4) is 0 Å². The second-order valence-corrected chi connectivity index (χ2v) is 7.34. The number of ether oxygens (including phenoxy) is 1. The molecule has 1 atom stereocenters. The maximum absolute atomic E-state index is 12.3. The lowest BCUT2D eigenvalue weighted by molar-refractivity contribution is 0.0134. The van der Waals surface area contributed by atoms with Crippen LogP contribution in [0.4, 0.5) is 4.79 Å². The van der Waals surface area contributed by atoms with Gasteiger partial charge in [-0.2, -0.15) is 0 Å². The summed E-state index contributed by atoms with van der Waals surface area (Å²) in [5.41, 5.74) is 0.164. The van der Waals surface area contributed by atoms with E-state index in [-0.39, 0.29) is 12.6 Å². The van der Waals surface area contributed by atoms with Gasteiger partial charge in [-0.1, -0.05) is 23.7 Å². The second kappa shape index (κ2) is 6.88. The van der Waals surface area contributed by atoms with E-state index in [9.17, 15) is 9.90 Å². The predicted octanol–water partition coefficient (Wildman–Crippen LogP) is 4.02. The van der Waals surface area contributed by atoms with E-state index >= 15 is 0 Å². The van der Waals surface area contributed by atoms with Gasteiger partial charge in [-0.3, -0.25) is 0 Å². The first-order valence-corrected chi connectivity index (χ1v) is 8.04. The van der Waals surface area contributed by atoms with Crippen LogP contribution in [-0.4, -0.2) is 34.8 Å². The fraction of sp³-hybridized carbons (Fsp3) is 0.588. The number of hydrogen-bond acceptors (Lipinski definition) is 3. The average Bonchev–Trinajstić information content (AvgIpc) is 3.19. The van der Waals surface area contributed by atoms with E-state index in [1.807, 2.05) is 20.8 Å². The van der Waals surface area contributed by atoms with Crippen LogP contribution in [0.25, 0.3) is 0 Å². The molecule has 0 radical (unpaired) electrons. The number of halogens is 1. The summed E-state index contributed by atoms with van der Waals surface area (Å²) in [5, 5.41) is 11.0. The largest absolute Gasteiger partial charge is 0.444 e. The van der Waals surface area contributed by atoms with Crippen molar-refractivity contribution in [2.45, 2.75) is 45.3 Å². The molecule has 1 fully saturated rings. The summed E-state index contributed by atoms with van der Waals surface area (Å²) in [6.45, 7) is 6.37. The molecule has 122 valence electrons. The Morgan fingerprint density at radius 2 is 2.14 bits per heavy atom. The molecule has 1 amide bonds. The van der Waals surface area contributed by atoms with E-state index in [0.717, 1.165) is 12.8 Å². The highest BCUT2D eigenvalue weighted by molar-refractivity contribution is 6.30. The molecule has 22 heavy (non-hydrogen) atoms.